The van der Waals surface area contributed by atoms with Crippen LogP contribution in [0.5, 0.6) is 0 Å². The molecule has 0 atom stereocenters. The van der Waals surface area contributed by atoms with E-state index in [1.165, 1.54) is 16.2 Å². The van der Waals surface area contributed by atoms with Gasteiger partial charge in [0.2, 0.25) is 0 Å². The van der Waals surface area contributed by atoms with E-state index in [0.29, 0.717) is 4.88 Å². The Morgan fingerprint density at radius 2 is 2.35 bits per heavy atom. The van der Waals surface area contributed by atoms with Crippen molar-refractivity contribution in [2.24, 2.45) is 10.9 Å². The average Bonchev–Trinajstić information content (AvgIpc) is 2.87. The highest BCUT2D eigenvalue weighted by Crippen LogP contribution is 2.30. The second-order valence-corrected chi connectivity index (χ2v) is 5.54. The van der Waals surface area contributed by atoms with Crippen LogP contribution in [0.1, 0.15) is 9.67 Å². The second kappa shape index (κ2) is 4.72. The number of hydrogen-bond acceptors (Lipinski definition) is 5. The van der Waals surface area contributed by atoms with Crippen molar-refractivity contribution < 1.29 is 10.0 Å². The van der Waals surface area contributed by atoms with E-state index in [4.69, 9.17) is 10.9 Å². The van der Waals surface area contributed by atoms with Gasteiger partial charge in [0.1, 0.15) is 0 Å². The van der Waals surface area contributed by atoms with Gasteiger partial charge in [0, 0.05) is 16.4 Å². The molecule has 0 radical (unpaired) electrons. The molecular formula is C10H11N3O2S2. The SMILES string of the molecule is CN(C/C(N)=N/O)C(=O)c1cc2sccc2s1. The first-order valence-electron chi connectivity index (χ1n) is 4.80. The maximum atomic E-state index is 12.0. The Morgan fingerprint density at radius 3 is 3.00 bits per heavy atom. The largest absolute Gasteiger partial charge is 0.409 e. The number of nitrogens with zero attached hydrogens (tertiary/aromatic N) is 2. The summed E-state index contributed by atoms with van der Waals surface area (Å²) in [6.45, 7) is 0.112. The van der Waals surface area contributed by atoms with Crippen molar-refractivity contribution in [3.05, 3.63) is 22.4 Å². The summed E-state index contributed by atoms with van der Waals surface area (Å²) in [5.41, 5.74) is 5.36. The Hall–Kier alpha value is -1.60. The summed E-state index contributed by atoms with van der Waals surface area (Å²) in [5.74, 6) is -0.107. The van der Waals surface area contributed by atoms with Gasteiger partial charge in [-0.05, 0) is 17.5 Å². The van der Waals surface area contributed by atoms with E-state index in [-0.39, 0.29) is 18.3 Å². The third kappa shape index (κ3) is 2.40. The molecule has 0 fully saturated rings. The van der Waals surface area contributed by atoms with Gasteiger partial charge < -0.3 is 15.8 Å². The van der Waals surface area contributed by atoms with Crippen LogP contribution in [0.3, 0.4) is 0 Å². The highest BCUT2D eigenvalue weighted by Gasteiger charge is 2.16. The van der Waals surface area contributed by atoms with Crippen LogP contribution >= 0.6 is 22.7 Å². The van der Waals surface area contributed by atoms with Crippen molar-refractivity contribution in [3.63, 3.8) is 0 Å². The summed E-state index contributed by atoms with van der Waals surface area (Å²) in [6.07, 6.45) is 0. The standard InChI is InChI=1S/C10H11N3O2S2/c1-13(5-9(11)12-15)10(14)8-4-7-6(17-8)2-3-16-7/h2-4,15H,5H2,1H3,(H2,11,12). The zero-order chi connectivity index (χ0) is 12.4. The Labute approximate surface area is 106 Å². The minimum atomic E-state index is -0.120. The lowest BCUT2D eigenvalue weighted by atomic mass is 10.4. The number of carbonyl (C=O) groups is 1. The van der Waals surface area contributed by atoms with Crippen LogP contribution in [-0.4, -0.2) is 35.4 Å². The highest BCUT2D eigenvalue weighted by atomic mass is 32.1. The summed E-state index contributed by atoms with van der Waals surface area (Å²) in [4.78, 5) is 14.1. The van der Waals surface area contributed by atoms with E-state index in [9.17, 15) is 4.79 Å². The second-order valence-electron chi connectivity index (χ2n) is 3.51. The van der Waals surface area contributed by atoms with Gasteiger partial charge in [-0.25, -0.2) is 0 Å². The number of likely N-dealkylation sites (N-methyl/N-ethyl adjacent to an activating group) is 1. The molecule has 0 aliphatic carbocycles. The topological polar surface area (TPSA) is 78.9 Å². The van der Waals surface area contributed by atoms with Crippen LogP contribution in [0.15, 0.2) is 22.7 Å². The van der Waals surface area contributed by atoms with Crippen molar-refractivity contribution >= 4 is 43.8 Å². The molecule has 90 valence electrons. The van der Waals surface area contributed by atoms with Crippen LogP contribution in [0.2, 0.25) is 0 Å². The summed E-state index contributed by atoms with van der Waals surface area (Å²) >= 11 is 3.06. The maximum absolute atomic E-state index is 12.0. The molecule has 2 aromatic rings. The molecule has 7 heteroatoms. The van der Waals surface area contributed by atoms with Crippen LogP contribution in [-0.2, 0) is 0 Å². The van der Waals surface area contributed by atoms with Crippen molar-refractivity contribution in [2.45, 2.75) is 0 Å². The zero-order valence-corrected chi connectivity index (χ0v) is 10.7. The van der Waals surface area contributed by atoms with Gasteiger partial charge in [-0.2, -0.15) is 0 Å². The Morgan fingerprint density at radius 1 is 1.59 bits per heavy atom. The van der Waals surface area contributed by atoms with Gasteiger partial charge in [-0.15, -0.1) is 22.7 Å². The number of amides is 1. The van der Waals surface area contributed by atoms with E-state index < -0.39 is 0 Å². The maximum Gasteiger partial charge on any atom is 0.264 e. The Bertz CT molecular complexity index is 544. The normalized spacial score (nSPS) is 11.9. The van der Waals surface area contributed by atoms with Crippen LogP contribution in [0, 0.1) is 0 Å². The number of fused-ring (bicyclic) bond motifs is 1. The van der Waals surface area contributed by atoms with Crippen LogP contribution in [0.25, 0.3) is 9.40 Å². The van der Waals surface area contributed by atoms with Crippen molar-refractivity contribution in [1.82, 2.24) is 4.90 Å². The highest BCUT2D eigenvalue weighted by molar-refractivity contribution is 7.27. The predicted molar refractivity (Wildman–Crippen MR) is 70.1 cm³/mol. The summed E-state index contributed by atoms with van der Waals surface area (Å²) in [7, 11) is 1.62. The van der Waals surface area contributed by atoms with Gasteiger partial charge in [0.25, 0.3) is 5.91 Å². The molecule has 5 nitrogen and oxygen atoms in total. The number of carbonyl (C=O) groups excluding carboxylic acids is 1. The molecule has 0 spiro atoms. The Balaban J connectivity index is 2.17. The van der Waals surface area contributed by atoms with E-state index in [1.54, 1.807) is 18.4 Å². The third-order valence-electron chi connectivity index (χ3n) is 2.22. The van der Waals surface area contributed by atoms with E-state index in [2.05, 4.69) is 5.16 Å². The van der Waals surface area contributed by atoms with Gasteiger partial charge >= 0.3 is 0 Å². The molecule has 0 aromatic carbocycles. The third-order valence-corrected chi connectivity index (χ3v) is 4.31. The van der Waals surface area contributed by atoms with E-state index >= 15 is 0 Å². The molecule has 2 aromatic heterocycles. The number of oxime groups is 1. The molecule has 1 amide bonds. The fourth-order valence-electron chi connectivity index (χ4n) is 1.41. The average molecular weight is 269 g/mol. The zero-order valence-electron chi connectivity index (χ0n) is 9.08. The van der Waals surface area contributed by atoms with Crippen molar-refractivity contribution in [2.75, 3.05) is 13.6 Å². The molecular weight excluding hydrogens is 258 g/mol. The summed E-state index contributed by atoms with van der Waals surface area (Å²) in [5, 5.41) is 13.3. The monoisotopic (exact) mass is 269 g/mol. The smallest absolute Gasteiger partial charge is 0.264 e. The lowest BCUT2D eigenvalue weighted by Crippen LogP contribution is -2.35. The van der Waals surface area contributed by atoms with Crippen LogP contribution < -0.4 is 5.73 Å². The first-order chi connectivity index (χ1) is 8.11. The van der Waals surface area contributed by atoms with E-state index in [0.717, 1.165) is 9.40 Å². The molecule has 2 rings (SSSR count). The van der Waals surface area contributed by atoms with Gasteiger partial charge in [-0.3, -0.25) is 4.79 Å². The number of amidine groups is 1. The molecule has 0 bridgehead atoms. The van der Waals surface area contributed by atoms with Crippen LogP contribution in [0.4, 0.5) is 0 Å². The minimum absolute atomic E-state index is 0.0132. The quantitative estimate of drug-likeness (QED) is 0.386. The molecule has 0 saturated carbocycles. The number of nitrogens with two attached hydrogens (primary N) is 1. The van der Waals surface area contributed by atoms with Gasteiger partial charge in [0.15, 0.2) is 5.84 Å². The minimum Gasteiger partial charge on any atom is -0.409 e. The van der Waals surface area contributed by atoms with E-state index in [1.807, 2.05) is 17.5 Å². The number of hydrogen-bond donors (Lipinski definition) is 2. The first-order valence-corrected chi connectivity index (χ1v) is 6.50. The first kappa shape index (κ1) is 11.9. The molecule has 0 unspecified atom stereocenters. The van der Waals surface area contributed by atoms with Crippen molar-refractivity contribution in [3.8, 4) is 0 Å². The van der Waals surface area contributed by atoms with Gasteiger partial charge in [-0.1, -0.05) is 5.16 Å². The Kier molecular flexibility index (Phi) is 3.30. The molecule has 0 aliphatic rings. The molecule has 17 heavy (non-hydrogen) atoms. The molecule has 0 aliphatic heterocycles. The van der Waals surface area contributed by atoms with Gasteiger partial charge in [0.05, 0.1) is 11.4 Å². The molecule has 0 saturated heterocycles. The fourth-order valence-corrected chi connectivity index (χ4v) is 3.51. The summed E-state index contributed by atoms with van der Waals surface area (Å²) < 4.78 is 2.21. The summed E-state index contributed by atoms with van der Waals surface area (Å²) in [6, 6.07) is 3.86. The predicted octanol–water partition coefficient (Wildman–Crippen LogP) is 1.78. The number of thiophene rings is 2. The lowest BCUT2D eigenvalue weighted by molar-refractivity contribution is 0.0818. The molecule has 2 heterocycles. The number of rotatable bonds is 3. The lowest BCUT2D eigenvalue weighted by Gasteiger charge is -2.14. The molecule has 3 N–H and O–H groups in total. The van der Waals surface area contributed by atoms with Crippen molar-refractivity contribution in [1.29, 1.82) is 0 Å². The fraction of sp³-hybridized carbons (Fsp3) is 0.200.